The fraction of sp³-hybridized carbons (Fsp3) is 0.156. The molecule has 6 rings (SSSR count). The van der Waals surface area contributed by atoms with Crippen molar-refractivity contribution in [2.24, 2.45) is 5.10 Å². The molecule has 0 amide bonds. The SMILES string of the molecule is Cc1cccc(C2=NN(c3nc(-c4ccccc4)c4cc(Cl)ccc4n3)C(c3ccc(N(C)C)cc3)C2)c1. The number of nitrogens with zero attached hydrogens (tertiary/aromatic N) is 5. The molecule has 0 fully saturated rings. The Balaban J connectivity index is 1.52. The van der Waals surface area contributed by atoms with E-state index in [0.29, 0.717) is 11.0 Å². The summed E-state index contributed by atoms with van der Waals surface area (Å²) in [5, 5.41) is 8.70. The van der Waals surface area contributed by atoms with Crippen LogP contribution in [0.15, 0.2) is 102 Å². The summed E-state index contributed by atoms with van der Waals surface area (Å²) < 4.78 is 0. The topological polar surface area (TPSA) is 44.6 Å². The molecule has 0 radical (unpaired) electrons. The van der Waals surface area contributed by atoms with Crippen molar-refractivity contribution in [1.29, 1.82) is 0 Å². The van der Waals surface area contributed by atoms with Gasteiger partial charge in [-0.3, -0.25) is 0 Å². The molecule has 6 heteroatoms. The molecule has 38 heavy (non-hydrogen) atoms. The monoisotopic (exact) mass is 517 g/mol. The first-order chi connectivity index (χ1) is 18.5. The van der Waals surface area contributed by atoms with Gasteiger partial charge in [0.15, 0.2) is 0 Å². The smallest absolute Gasteiger partial charge is 0.247 e. The molecule has 0 spiro atoms. The highest BCUT2D eigenvalue weighted by molar-refractivity contribution is 6.31. The van der Waals surface area contributed by atoms with Crippen LogP contribution in [-0.4, -0.2) is 29.8 Å². The normalized spacial score (nSPS) is 15.1. The molecule has 1 aromatic heterocycles. The Hall–Kier alpha value is -4.22. The van der Waals surface area contributed by atoms with Crippen LogP contribution in [0, 0.1) is 6.92 Å². The molecule has 0 N–H and O–H groups in total. The van der Waals surface area contributed by atoms with Crippen molar-refractivity contribution in [3.05, 3.63) is 119 Å². The number of aryl methyl sites for hydroxylation is 1. The summed E-state index contributed by atoms with van der Waals surface area (Å²) in [6.45, 7) is 2.11. The van der Waals surface area contributed by atoms with Gasteiger partial charge in [-0.25, -0.2) is 15.0 Å². The van der Waals surface area contributed by atoms with E-state index in [9.17, 15) is 0 Å². The molecular formula is C32H28ClN5. The van der Waals surface area contributed by atoms with Gasteiger partial charge in [0.2, 0.25) is 5.95 Å². The number of anilines is 2. The lowest BCUT2D eigenvalue weighted by molar-refractivity contribution is 0.689. The highest BCUT2D eigenvalue weighted by atomic mass is 35.5. The first-order valence-corrected chi connectivity index (χ1v) is 13.1. The number of hydrogen-bond acceptors (Lipinski definition) is 5. The van der Waals surface area contributed by atoms with Crippen molar-refractivity contribution in [2.75, 3.05) is 24.0 Å². The summed E-state index contributed by atoms with van der Waals surface area (Å²) in [5.74, 6) is 0.572. The minimum absolute atomic E-state index is 0.0323. The third-order valence-electron chi connectivity index (χ3n) is 6.95. The highest BCUT2D eigenvalue weighted by Gasteiger charge is 2.32. The first kappa shape index (κ1) is 24.1. The van der Waals surface area contributed by atoms with E-state index in [2.05, 4.69) is 86.6 Å². The summed E-state index contributed by atoms with van der Waals surface area (Å²) in [7, 11) is 4.10. The van der Waals surface area contributed by atoms with E-state index < -0.39 is 0 Å². The van der Waals surface area contributed by atoms with Crippen LogP contribution in [0.5, 0.6) is 0 Å². The minimum atomic E-state index is -0.0323. The third-order valence-corrected chi connectivity index (χ3v) is 7.19. The van der Waals surface area contributed by atoms with Gasteiger partial charge in [0.25, 0.3) is 0 Å². The summed E-state index contributed by atoms with van der Waals surface area (Å²) in [4.78, 5) is 12.2. The van der Waals surface area contributed by atoms with Crippen LogP contribution in [0.1, 0.15) is 29.2 Å². The molecule has 4 aromatic carbocycles. The Labute approximate surface area is 228 Å². The molecular weight excluding hydrogens is 490 g/mol. The maximum Gasteiger partial charge on any atom is 0.247 e. The first-order valence-electron chi connectivity index (χ1n) is 12.7. The summed E-state index contributed by atoms with van der Waals surface area (Å²) >= 11 is 6.39. The maximum atomic E-state index is 6.39. The molecule has 0 saturated heterocycles. The number of benzene rings is 4. The Bertz CT molecular complexity index is 1640. The van der Waals surface area contributed by atoms with E-state index in [1.807, 2.05) is 41.4 Å². The molecule has 2 heterocycles. The Morgan fingerprint density at radius 3 is 2.32 bits per heavy atom. The Kier molecular flexibility index (Phi) is 6.30. The van der Waals surface area contributed by atoms with Crippen molar-refractivity contribution in [3.8, 4) is 11.3 Å². The van der Waals surface area contributed by atoms with E-state index >= 15 is 0 Å². The quantitative estimate of drug-likeness (QED) is 0.240. The lowest BCUT2D eigenvalue weighted by Crippen LogP contribution is -2.21. The van der Waals surface area contributed by atoms with Crippen LogP contribution < -0.4 is 9.91 Å². The third kappa shape index (κ3) is 4.61. The van der Waals surface area contributed by atoms with Gasteiger partial charge in [-0.15, -0.1) is 0 Å². The molecule has 1 atom stereocenters. The molecule has 0 bridgehead atoms. The van der Waals surface area contributed by atoms with E-state index in [1.165, 1.54) is 11.1 Å². The highest BCUT2D eigenvalue weighted by Crippen LogP contribution is 2.38. The zero-order valence-electron chi connectivity index (χ0n) is 21.6. The van der Waals surface area contributed by atoms with Crippen molar-refractivity contribution < 1.29 is 0 Å². The Morgan fingerprint density at radius 2 is 1.58 bits per heavy atom. The second-order valence-corrected chi connectivity index (χ2v) is 10.3. The maximum absolute atomic E-state index is 6.39. The number of rotatable bonds is 5. The van der Waals surface area contributed by atoms with Crippen LogP contribution in [-0.2, 0) is 0 Å². The van der Waals surface area contributed by atoms with Gasteiger partial charge in [-0.2, -0.15) is 5.10 Å². The van der Waals surface area contributed by atoms with E-state index in [1.54, 1.807) is 0 Å². The van der Waals surface area contributed by atoms with Crippen LogP contribution >= 0.6 is 11.6 Å². The van der Waals surface area contributed by atoms with E-state index in [4.69, 9.17) is 26.7 Å². The fourth-order valence-electron chi connectivity index (χ4n) is 4.96. The van der Waals surface area contributed by atoms with Crippen molar-refractivity contribution >= 4 is 39.9 Å². The molecule has 0 saturated carbocycles. The summed E-state index contributed by atoms with van der Waals surface area (Å²) in [6, 6.07) is 33.1. The Morgan fingerprint density at radius 1 is 0.816 bits per heavy atom. The van der Waals surface area contributed by atoms with Crippen molar-refractivity contribution in [3.63, 3.8) is 0 Å². The molecule has 0 aliphatic carbocycles. The molecule has 188 valence electrons. The fourth-order valence-corrected chi connectivity index (χ4v) is 5.13. The van der Waals surface area contributed by atoms with Crippen LogP contribution in [0.2, 0.25) is 5.02 Å². The zero-order chi connectivity index (χ0) is 26.2. The lowest BCUT2D eigenvalue weighted by Gasteiger charge is -2.23. The van der Waals surface area contributed by atoms with E-state index in [0.717, 1.165) is 45.5 Å². The molecule has 5 nitrogen and oxygen atoms in total. The van der Waals surface area contributed by atoms with Gasteiger partial charge in [0, 0.05) is 42.2 Å². The largest absolute Gasteiger partial charge is 0.378 e. The van der Waals surface area contributed by atoms with Crippen LogP contribution in [0.3, 0.4) is 0 Å². The van der Waals surface area contributed by atoms with Crippen LogP contribution in [0.4, 0.5) is 11.6 Å². The van der Waals surface area contributed by atoms with Gasteiger partial charge in [-0.05, 0) is 48.4 Å². The average molecular weight is 518 g/mol. The number of hydrogen-bond donors (Lipinski definition) is 0. The number of halogens is 1. The van der Waals surface area contributed by atoms with Gasteiger partial charge < -0.3 is 4.90 Å². The summed E-state index contributed by atoms with van der Waals surface area (Å²) in [5.41, 5.74) is 8.37. The second-order valence-electron chi connectivity index (χ2n) is 9.87. The standard InChI is InChI=1S/C32H28ClN5/c1-21-8-7-11-24(18-21)29-20-30(22-12-15-26(16-13-22)37(2)3)38(36-29)32-34-28-17-14-25(33)19-27(28)31(35-32)23-9-5-4-6-10-23/h4-19,30H,20H2,1-3H3. The molecule has 1 aliphatic rings. The predicted octanol–water partition coefficient (Wildman–Crippen LogP) is 7.68. The number of fused-ring (bicyclic) bond motifs is 1. The minimum Gasteiger partial charge on any atom is -0.378 e. The second kappa shape index (κ2) is 9.92. The molecule has 1 aliphatic heterocycles. The molecule has 5 aromatic rings. The average Bonchev–Trinajstić information content (AvgIpc) is 3.39. The van der Waals surface area contributed by atoms with Gasteiger partial charge in [0.05, 0.1) is 23.0 Å². The van der Waals surface area contributed by atoms with Crippen LogP contribution in [0.25, 0.3) is 22.2 Å². The van der Waals surface area contributed by atoms with E-state index in [-0.39, 0.29) is 6.04 Å². The van der Waals surface area contributed by atoms with Gasteiger partial charge in [0.1, 0.15) is 0 Å². The number of aromatic nitrogens is 2. The zero-order valence-corrected chi connectivity index (χ0v) is 22.4. The van der Waals surface area contributed by atoms with Crippen molar-refractivity contribution in [1.82, 2.24) is 9.97 Å². The summed E-state index contributed by atoms with van der Waals surface area (Å²) in [6.07, 6.45) is 0.757. The lowest BCUT2D eigenvalue weighted by atomic mass is 9.97. The van der Waals surface area contributed by atoms with Crippen molar-refractivity contribution in [2.45, 2.75) is 19.4 Å². The number of hydrazone groups is 1. The molecule has 1 unspecified atom stereocenters. The van der Waals surface area contributed by atoms with Gasteiger partial charge in [-0.1, -0.05) is 83.9 Å². The van der Waals surface area contributed by atoms with Gasteiger partial charge >= 0.3 is 0 Å². The predicted molar refractivity (Wildman–Crippen MR) is 158 cm³/mol.